The molecule has 0 aliphatic carbocycles. The lowest BCUT2D eigenvalue weighted by Crippen LogP contribution is -2.27. The van der Waals surface area contributed by atoms with Gasteiger partial charge in [0.1, 0.15) is 5.82 Å². The monoisotopic (exact) mass is 334 g/mol. The first-order chi connectivity index (χ1) is 9.60. The molecule has 0 spiro atoms. The van der Waals surface area contributed by atoms with Crippen LogP contribution in [0.4, 0.5) is 5.82 Å². The van der Waals surface area contributed by atoms with E-state index in [9.17, 15) is 4.79 Å². The molecule has 0 aliphatic heterocycles. The van der Waals surface area contributed by atoms with Crippen molar-refractivity contribution in [2.45, 2.75) is 13.0 Å². The lowest BCUT2D eigenvalue weighted by molar-refractivity contribution is 0.0934. The second kappa shape index (κ2) is 6.47. The molecule has 0 fully saturated rings. The van der Waals surface area contributed by atoms with Gasteiger partial charge >= 0.3 is 0 Å². The van der Waals surface area contributed by atoms with Crippen molar-refractivity contribution >= 4 is 27.7 Å². The number of carbonyl (C=O) groups is 1. The Hall–Kier alpha value is -1.95. The summed E-state index contributed by atoms with van der Waals surface area (Å²) in [4.78, 5) is 12.1. The molecular formula is C14H15BrN4O. The first kappa shape index (κ1) is 14.5. The number of rotatable bonds is 4. The van der Waals surface area contributed by atoms with Gasteiger partial charge in [0.15, 0.2) is 5.69 Å². The van der Waals surface area contributed by atoms with Crippen molar-refractivity contribution in [3.05, 3.63) is 52.1 Å². The van der Waals surface area contributed by atoms with Gasteiger partial charge in [0.05, 0.1) is 6.04 Å². The number of benzene rings is 1. The largest absolute Gasteiger partial charge is 0.372 e. The van der Waals surface area contributed by atoms with Gasteiger partial charge in [-0.1, -0.05) is 28.1 Å². The molecule has 2 aromatic rings. The van der Waals surface area contributed by atoms with Crippen molar-refractivity contribution < 1.29 is 4.79 Å². The van der Waals surface area contributed by atoms with Crippen molar-refractivity contribution in [1.82, 2.24) is 15.5 Å². The topological polar surface area (TPSA) is 66.9 Å². The molecule has 2 N–H and O–H groups in total. The van der Waals surface area contributed by atoms with Crippen LogP contribution in [0.5, 0.6) is 0 Å². The number of hydrogen-bond acceptors (Lipinski definition) is 4. The molecule has 20 heavy (non-hydrogen) atoms. The second-order valence-corrected chi connectivity index (χ2v) is 5.22. The van der Waals surface area contributed by atoms with Crippen LogP contribution in [0.2, 0.25) is 0 Å². The molecule has 2 rings (SSSR count). The number of amides is 1. The Balaban J connectivity index is 2.04. The molecule has 6 heteroatoms. The minimum Gasteiger partial charge on any atom is -0.372 e. The third-order valence-corrected chi connectivity index (χ3v) is 3.40. The zero-order valence-corrected chi connectivity index (χ0v) is 12.8. The maximum atomic E-state index is 12.1. The quantitative estimate of drug-likeness (QED) is 0.902. The smallest absolute Gasteiger partial charge is 0.272 e. The van der Waals surface area contributed by atoms with Crippen LogP contribution in [0, 0.1) is 0 Å². The highest BCUT2D eigenvalue weighted by atomic mass is 79.9. The summed E-state index contributed by atoms with van der Waals surface area (Å²) in [5.41, 5.74) is 1.33. The van der Waals surface area contributed by atoms with E-state index in [4.69, 9.17) is 0 Å². The summed E-state index contributed by atoms with van der Waals surface area (Å²) in [6.07, 6.45) is 0. The van der Waals surface area contributed by atoms with Crippen LogP contribution in [0.1, 0.15) is 29.0 Å². The Morgan fingerprint density at radius 3 is 2.40 bits per heavy atom. The van der Waals surface area contributed by atoms with E-state index >= 15 is 0 Å². The lowest BCUT2D eigenvalue weighted by atomic mass is 10.1. The van der Waals surface area contributed by atoms with Crippen molar-refractivity contribution in [3.63, 3.8) is 0 Å². The summed E-state index contributed by atoms with van der Waals surface area (Å²) in [7, 11) is 1.75. The van der Waals surface area contributed by atoms with Crippen LogP contribution in [-0.4, -0.2) is 23.2 Å². The molecule has 0 bridgehead atoms. The van der Waals surface area contributed by atoms with E-state index in [1.807, 2.05) is 31.2 Å². The molecule has 1 aromatic carbocycles. The van der Waals surface area contributed by atoms with Gasteiger partial charge in [-0.15, -0.1) is 10.2 Å². The van der Waals surface area contributed by atoms with Crippen LogP contribution < -0.4 is 10.6 Å². The maximum Gasteiger partial charge on any atom is 0.272 e. The second-order valence-electron chi connectivity index (χ2n) is 4.30. The summed E-state index contributed by atoms with van der Waals surface area (Å²) in [6, 6.07) is 11.1. The van der Waals surface area contributed by atoms with Crippen LogP contribution in [0.15, 0.2) is 40.9 Å². The van der Waals surface area contributed by atoms with Gasteiger partial charge in [0, 0.05) is 11.5 Å². The minimum atomic E-state index is -0.240. The molecule has 104 valence electrons. The Bertz CT molecular complexity index is 583. The van der Waals surface area contributed by atoms with Crippen molar-refractivity contribution in [1.29, 1.82) is 0 Å². The lowest BCUT2D eigenvalue weighted by Gasteiger charge is -2.14. The van der Waals surface area contributed by atoms with E-state index in [-0.39, 0.29) is 11.9 Å². The van der Waals surface area contributed by atoms with Crippen molar-refractivity contribution in [2.24, 2.45) is 0 Å². The molecule has 1 unspecified atom stereocenters. The summed E-state index contributed by atoms with van der Waals surface area (Å²) < 4.78 is 1.01. The Kier molecular flexibility index (Phi) is 4.68. The fraction of sp³-hybridized carbons (Fsp3) is 0.214. The molecule has 0 radical (unpaired) electrons. The summed E-state index contributed by atoms with van der Waals surface area (Å²) >= 11 is 3.38. The van der Waals surface area contributed by atoms with Gasteiger partial charge in [0.25, 0.3) is 5.91 Å². The summed E-state index contributed by atoms with van der Waals surface area (Å²) in [5, 5.41) is 13.5. The fourth-order valence-electron chi connectivity index (χ4n) is 1.69. The number of carbonyl (C=O) groups excluding carboxylic acids is 1. The minimum absolute atomic E-state index is 0.0959. The van der Waals surface area contributed by atoms with Crippen LogP contribution in [0.3, 0.4) is 0 Å². The molecule has 1 atom stereocenters. The van der Waals surface area contributed by atoms with Crippen LogP contribution >= 0.6 is 15.9 Å². The van der Waals surface area contributed by atoms with Gasteiger partial charge in [0.2, 0.25) is 0 Å². The molecule has 1 amide bonds. The highest BCUT2D eigenvalue weighted by Crippen LogP contribution is 2.16. The summed E-state index contributed by atoms with van der Waals surface area (Å²) in [5.74, 6) is 0.387. The standard InChI is InChI=1S/C14H15BrN4O/c1-9(10-3-5-11(15)6-4-10)17-14(20)12-7-8-13(16-2)19-18-12/h3-9H,1-2H3,(H,16,19)(H,17,20). The van der Waals surface area contributed by atoms with E-state index in [1.165, 1.54) is 0 Å². The zero-order chi connectivity index (χ0) is 14.5. The number of halogens is 1. The fourth-order valence-corrected chi connectivity index (χ4v) is 1.96. The Labute approximate surface area is 125 Å². The molecule has 1 aromatic heterocycles. The molecule has 0 aliphatic rings. The third-order valence-electron chi connectivity index (χ3n) is 2.87. The number of anilines is 1. The average molecular weight is 335 g/mol. The van der Waals surface area contributed by atoms with E-state index in [2.05, 4.69) is 36.8 Å². The number of aromatic nitrogens is 2. The predicted octanol–water partition coefficient (Wildman–Crippen LogP) is 2.77. The Morgan fingerprint density at radius 2 is 1.85 bits per heavy atom. The number of nitrogens with one attached hydrogen (secondary N) is 2. The van der Waals surface area contributed by atoms with Gasteiger partial charge < -0.3 is 10.6 Å². The van der Waals surface area contributed by atoms with Gasteiger partial charge in [-0.2, -0.15) is 0 Å². The van der Waals surface area contributed by atoms with Gasteiger partial charge in [-0.3, -0.25) is 4.79 Å². The molecule has 5 nitrogen and oxygen atoms in total. The number of hydrogen-bond donors (Lipinski definition) is 2. The van der Waals surface area contributed by atoms with Crippen LogP contribution in [-0.2, 0) is 0 Å². The molecule has 1 heterocycles. The number of nitrogens with zero attached hydrogens (tertiary/aromatic N) is 2. The van der Waals surface area contributed by atoms with Gasteiger partial charge in [-0.25, -0.2) is 0 Å². The van der Waals surface area contributed by atoms with Crippen molar-refractivity contribution in [3.8, 4) is 0 Å². The first-order valence-electron chi connectivity index (χ1n) is 6.18. The van der Waals surface area contributed by atoms with E-state index < -0.39 is 0 Å². The highest BCUT2D eigenvalue weighted by molar-refractivity contribution is 9.10. The molecular weight excluding hydrogens is 320 g/mol. The van der Waals surface area contributed by atoms with Crippen molar-refractivity contribution in [2.75, 3.05) is 12.4 Å². The van der Waals surface area contributed by atoms with Gasteiger partial charge in [-0.05, 0) is 36.8 Å². The maximum absolute atomic E-state index is 12.1. The predicted molar refractivity (Wildman–Crippen MR) is 81.6 cm³/mol. The summed E-state index contributed by atoms with van der Waals surface area (Å²) in [6.45, 7) is 1.93. The highest BCUT2D eigenvalue weighted by Gasteiger charge is 2.13. The SMILES string of the molecule is CNc1ccc(C(=O)NC(C)c2ccc(Br)cc2)nn1. The first-order valence-corrected chi connectivity index (χ1v) is 6.97. The Morgan fingerprint density at radius 1 is 1.15 bits per heavy atom. The van der Waals surface area contributed by atoms with E-state index in [1.54, 1.807) is 19.2 Å². The normalized spacial score (nSPS) is 11.8. The van der Waals surface area contributed by atoms with Crippen LogP contribution in [0.25, 0.3) is 0 Å². The van der Waals surface area contributed by atoms with E-state index in [0.717, 1.165) is 10.0 Å². The van der Waals surface area contributed by atoms with E-state index in [0.29, 0.717) is 11.5 Å². The third kappa shape index (κ3) is 3.54. The molecule has 0 saturated heterocycles. The molecule has 0 saturated carbocycles. The zero-order valence-electron chi connectivity index (χ0n) is 11.2. The average Bonchev–Trinajstić information content (AvgIpc) is 2.48.